The quantitative estimate of drug-likeness (QED) is 0.782. The van der Waals surface area contributed by atoms with Crippen molar-refractivity contribution in [1.82, 2.24) is 10.6 Å². The predicted octanol–water partition coefficient (Wildman–Crippen LogP) is 1.03. The third kappa shape index (κ3) is 2.33. The Balaban J connectivity index is 1.80. The molecule has 2 rings (SSSR count). The summed E-state index contributed by atoms with van der Waals surface area (Å²) >= 11 is 1.80. The maximum absolute atomic E-state index is 10.9. The summed E-state index contributed by atoms with van der Waals surface area (Å²) in [5.74, 6) is 0.157. The minimum Gasteiger partial charge on any atom is -0.354 e. The van der Waals surface area contributed by atoms with Crippen molar-refractivity contribution >= 4 is 17.2 Å². The molecule has 1 aliphatic rings. The van der Waals surface area contributed by atoms with Gasteiger partial charge in [0.15, 0.2) is 0 Å². The molecule has 0 aliphatic carbocycles. The highest BCUT2D eigenvalue weighted by atomic mass is 32.1. The normalized spacial score (nSPS) is 21.2. The van der Waals surface area contributed by atoms with E-state index in [9.17, 15) is 4.79 Å². The van der Waals surface area contributed by atoms with Crippen LogP contribution in [0.25, 0.3) is 0 Å². The zero-order chi connectivity index (χ0) is 9.97. The molecule has 1 saturated heterocycles. The number of amides is 1. The SMILES string of the molecule is Cc1ccc(CNC2CNC(=O)C2)s1. The van der Waals surface area contributed by atoms with Crippen molar-refractivity contribution in [1.29, 1.82) is 0 Å². The smallest absolute Gasteiger partial charge is 0.221 e. The Kier molecular flexibility index (Phi) is 2.84. The van der Waals surface area contributed by atoms with Crippen LogP contribution >= 0.6 is 11.3 Å². The van der Waals surface area contributed by atoms with Gasteiger partial charge in [0.25, 0.3) is 0 Å². The molecule has 4 heteroatoms. The van der Waals surface area contributed by atoms with Crippen LogP contribution in [0.2, 0.25) is 0 Å². The number of carbonyl (C=O) groups is 1. The molecule has 1 aromatic heterocycles. The van der Waals surface area contributed by atoms with E-state index in [-0.39, 0.29) is 5.91 Å². The highest BCUT2D eigenvalue weighted by Crippen LogP contribution is 2.15. The van der Waals surface area contributed by atoms with Gasteiger partial charge in [0.2, 0.25) is 5.91 Å². The molecule has 1 fully saturated rings. The van der Waals surface area contributed by atoms with E-state index in [0.29, 0.717) is 12.5 Å². The van der Waals surface area contributed by atoms with Gasteiger partial charge in [0.05, 0.1) is 0 Å². The molecule has 1 atom stereocenters. The van der Waals surface area contributed by atoms with E-state index in [2.05, 4.69) is 29.7 Å². The highest BCUT2D eigenvalue weighted by Gasteiger charge is 2.20. The van der Waals surface area contributed by atoms with Crippen molar-refractivity contribution in [2.75, 3.05) is 6.54 Å². The van der Waals surface area contributed by atoms with Crippen molar-refractivity contribution in [2.24, 2.45) is 0 Å². The Morgan fingerprint density at radius 1 is 1.64 bits per heavy atom. The number of hydrogen-bond acceptors (Lipinski definition) is 3. The summed E-state index contributed by atoms with van der Waals surface area (Å²) in [6.07, 6.45) is 0.615. The maximum atomic E-state index is 10.9. The Bertz CT molecular complexity index is 335. The second-order valence-electron chi connectivity index (χ2n) is 3.60. The van der Waals surface area contributed by atoms with Crippen molar-refractivity contribution in [2.45, 2.75) is 25.9 Å². The predicted molar refractivity (Wildman–Crippen MR) is 57.3 cm³/mol. The lowest BCUT2D eigenvalue weighted by molar-refractivity contribution is -0.119. The van der Waals surface area contributed by atoms with E-state index < -0.39 is 0 Å². The van der Waals surface area contributed by atoms with E-state index in [0.717, 1.165) is 13.1 Å². The lowest BCUT2D eigenvalue weighted by Crippen LogP contribution is -2.30. The summed E-state index contributed by atoms with van der Waals surface area (Å²) in [6.45, 7) is 3.75. The molecule has 3 nitrogen and oxygen atoms in total. The maximum Gasteiger partial charge on any atom is 0.221 e. The molecule has 14 heavy (non-hydrogen) atoms. The molecule has 2 N–H and O–H groups in total. The van der Waals surface area contributed by atoms with Gasteiger partial charge in [-0.1, -0.05) is 0 Å². The van der Waals surface area contributed by atoms with Crippen LogP contribution in [0.5, 0.6) is 0 Å². The summed E-state index contributed by atoms with van der Waals surface area (Å²) in [5.41, 5.74) is 0. The summed E-state index contributed by atoms with van der Waals surface area (Å²) in [6, 6.07) is 4.57. The van der Waals surface area contributed by atoms with E-state index >= 15 is 0 Å². The number of carbonyl (C=O) groups excluding carboxylic acids is 1. The monoisotopic (exact) mass is 210 g/mol. The topological polar surface area (TPSA) is 41.1 Å². The van der Waals surface area contributed by atoms with Gasteiger partial charge in [-0.2, -0.15) is 0 Å². The van der Waals surface area contributed by atoms with E-state index in [1.165, 1.54) is 9.75 Å². The fourth-order valence-corrected chi connectivity index (χ4v) is 2.42. The number of aryl methyl sites for hydroxylation is 1. The summed E-state index contributed by atoms with van der Waals surface area (Å²) in [4.78, 5) is 13.6. The summed E-state index contributed by atoms with van der Waals surface area (Å²) in [7, 11) is 0. The second kappa shape index (κ2) is 4.11. The van der Waals surface area contributed by atoms with Gasteiger partial charge in [-0.25, -0.2) is 0 Å². The number of thiophene rings is 1. The van der Waals surface area contributed by atoms with Crippen LogP contribution in [-0.4, -0.2) is 18.5 Å². The van der Waals surface area contributed by atoms with Gasteiger partial charge < -0.3 is 10.6 Å². The Morgan fingerprint density at radius 3 is 3.07 bits per heavy atom. The zero-order valence-corrected chi connectivity index (χ0v) is 8.99. The highest BCUT2D eigenvalue weighted by molar-refractivity contribution is 7.11. The van der Waals surface area contributed by atoms with Crippen LogP contribution in [0.4, 0.5) is 0 Å². The lowest BCUT2D eigenvalue weighted by Gasteiger charge is -2.08. The molecule has 0 aromatic carbocycles. The van der Waals surface area contributed by atoms with Crippen molar-refractivity contribution < 1.29 is 4.79 Å². The van der Waals surface area contributed by atoms with Crippen molar-refractivity contribution in [3.63, 3.8) is 0 Å². The number of rotatable bonds is 3. The average Bonchev–Trinajstić information content (AvgIpc) is 2.72. The fourth-order valence-electron chi connectivity index (χ4n) is 1.57. The van der Waals surface area contributed by atoms with Crippen LogP contribution in [-0.2, 0) is 11.3 Å². The fraction of sp³-hybridized carbons (Fsp3) is 0.500. The molecule has 1 aliphatic heterocycles. The van der Waals surface area contributed by atoms with Crippen molar-refractivity contribution in [3.05, 3.63) is 21.9 Å². The molecule has 1 unspecified atom stereocenters. The molecule has 0 spiro atoms. The van der Waals surface area contributed by atoms with Gasteiger partial charge in [-0.05, 0) is 19.1 Å². The molecule has 1 aromatic rings. The molecule has 1 amide bonds. The van der Waals surface area contributed by atoms with Crippen LogP contribution in [0.15, 0.2) is 12.1 Å². The van der Waals surface area contributed by atoms with Gasteiger partial charge in [-0.3, -0.25) is 4.79 Å². The Morgan fingerprint density at radius 2 is 2.50 bits per heavy atom. The third-order valence-corrected chi connectivity index (χ3v) is 3.34. The molecular formula is C10H14N2OS. The second-order valence-corrected chi connectivity index (χ2v) is 4.97. The van der Waals surface area contributed by atoms with Gasteiger partial charge in [0.1, 0.15) is 0 Å². The van der Waals surface area contributed by atoms with E-state index in [1.54, 1.807) is 11.3 Å². The van der Waals surface area contributed by atoms with Gasteiger partial charge in [-0.15, -0.1) is 11.3 Å². The minimum atomic E-state index is 0.157. The Labute approximate surface area is 87.5 Å². The molecule has 76 valence electrons. The summed E-state index contributed by atoms with van der Waals surface area (Å²) < 4.78 is 0. The minimum absolute atomic E-state index is 0.157. The first-order valence-electron chi connectivity index (χ1n) is 4.79. The first-order chi connectivity index (χ1) is 6.74. The lowest BCUT2D eigenvalue weighted by atomic mass is 10.2. The van der Waals surface area contributed by atoms with E-state index in [4.69, 9.17) is 0 Å². The van der Waals surface area contributed by atoms with Crippen LogP contribution in [0.1, 0.15) is 16.2 Å². The largest absolute Gasteiger partial charge is 0.354 e. The standard InChI is InChI=1S/C10H14N2OS/c1-7-2-3-9(14-7)6-11-8-4-10(13)12-5-8/h2-3,8,11H,4-6H2,1H3,(H,12,13). The molecule has 0 radical (unpaired) electrons. The molecular weight excluding hydrogens is 196 g/mol. The van der Waals surface area contributed by atoms with Gasteiger partial charge >= 0.3 is 0 Å². The van der Waals surface area contributed by atoms with Crippen LogP contribution < -0.4 is 10.6 Å². The first kappa shape index (κ1) is 9.68. The summed E-state index contributed by atoms with van der Waals surface area (Å²) in [5, 5.41) is 6.18. The Hall–Kier alpha value is -0.870. The van der Waals surface area contributed by atoms with Crippen molar-refractivity contribution in [3.8, 4) is 0 Å². The van der Waals surface area contributed by atoms with Crippen LogP contribution in [0.3, 0.4) is 0 Å². The third-order valence-electron chi connectivity index (χ3n) is 2.34. The van der Waals surface area contributed by atoms with Crippen LogP contribution in [0, 0.1) is 6.92 Å². The number of hydrogen-bond donors (Lipinski definition) is 2. The average molecular weight is 210 g/mol. The first-order valence-corrected chi connectivity index (χ1v) is 5.61. The molecule has 0 bridgehead atoms. The van der Waals surface area contributed by atoms with Gasteiger partial charge in [0, 0.05) is 35.3 Å². The molecule has 2 heterocycles. The number of nitrogens with one attached hydrogen (secondary N) is 2. The zero-order valence-electron chi connectivity index (χ0n) is 8.17. The van der Waals surface area contributed by atoms with E-state index in [1.807, 2.05) is 0 Å². The molecule has 0 saturated carbocycles.